The van der Waals surface area contributed by atoms with E-state index in [1.165, 1.54) is 25.3 Å². The van der Waals surface area contributed by atoms with E-state index in [2.05, 4.69) is 9.72 Å². The molecule has 1 aliphatic rings. The highest BCUT2D eigenvalue weighted by atomic mass is 32.2. The molecule has 1 N–H and O–H groups in total. The Morgan fingerprint density at radius 2 is 1.77 bits per heavy atom. The van der Waals surface area contributed by atoms with Crippen LogP contribution in [-0.4, -0.2) is 96.1 Å². The summed E-state index contributed by atoms with van der Waals surface area (Å²) in [6.07, 6.45) is -4.57. The number of pyridine rings is 1. The van der Waals surface area contributed by atoms with Gasteiger partial charge in [0.25, 0.3) is 10.0 Å². The molecule has 256 valence electrons. The molecule has 0 spiro atoms. The summed E-state index contributed by atoms with van der Waals surface area (Å²) in [6, 6.07) is 7.52. The Bertz CT molecular complexity index is 1690. The van der Waals surface area contributed by atoms with E-state index in [9.17, 15) is 44.7 Å². The zero-order chi connectivity index (χ0) is 34.5. The smallest absolute Gasteiger partial charge is 0.417 e. The number of carbonyl (C=O) groups excluding carboxylic acids is 1. The third-order valence-corrected chi connectivity index (χ3v) is 8.92. The molecule has 2 heterocycles. The van der Waals surface area contributed by atoms with Crippen LogP contribution in [0.1, 0.15) is 5.56 Å². The van der Waals surface area contributed by atoms with Crippen molar-refractivity contribution in [1.82, 2.24) is 9.88 Å². The molecule has 0 amide bonds. The van der Waals surface area contributed by atoms with Gasteiger partial charge in [0, 0.05) is 45.5 Å². The van der Waals surface area contributed by atoms with Crippen LogP contribution in [0.2, 0.25) is 0 Å². The monoisotopic (exact) mass is 692 g/mol. The van der Waals surface area contributed by atoms with Crippen molar-refractivity contribution in [3.63, 3.8) is 0 Å². The Hall–Kier alpha value is -4.29. The second-order valence-corrected chi connectivity index (χ2v) is 12.1. The summed E-state index contributed by atoms with van der Waals surface area (Å²) in [4.78, 5) is 18.0. The third-order valence-electron chi connectivity index (χ3n) is 7.15. The van der Waals surface area contributed by atoms with E-state index in [1.54, 1.807) is 4.90 Å². The van der Waals surface area contributed by atoms with Crippen molar-refractivity contribution in [1.29, 1.82) is 0 Å². The molecule has 1 aromatic heterocycles. The molecule has 3 aromatic rings. The number of methoxy groups -OCH3 is 1. The second-order valence-electron chi connectivity index (χ2n) is 10.2. The lowest BCUT2D eigenvalue weighted by Gasteiger charge is -2.37. The average Bonchev–Trinajstić information content (AvgIpc) is 3.02. The number of anilines is 2. The number of aromatic nitrogens is 1. The molecule has 11 nitrogen and oxygen atoms in total. The zero-order valence-electron chi connectivity index (χ0n) is 25.0. The molecule has 1 fully saturated rings. The number of nitrogens with zero attached hydrogens (tertiary/aromatic N) is 4. The molecule has 4 rings (SSSR count). The number of hydrogen-bond acceptors (Lipinski definition) is 10. The molecule has 0 atom stereocenters. The fourth-order valence-electron chi connectivity index (χ4n) is 4.82. The van der Waals surface area contributed by atoms with E-state index in [0.29, 0.717) is 48.4 Å². The molecule has 1 saturated heterocycles. The minimum atomic E-state index is -4.96. The quantitative estimate of drug-likeness (QED) is 0.220. The van der Waals surface area contributed by atoms with Gasteiger partial charge in [-0.15, -0.1) is 0 Å². The van der Waals surface area contributed by atoms with Gasteiger partial charge in [0.05, 0.1) is 37.2 Å². The summed E-state index contributed by atoms with van der Waals surface area (Å²) in [6.45, 7) is -2.98. The molecule has 0 aliphatic carbocycles. The van der Waals surface area contributed by atoms with E-state index >= 15 is 0 Å². The van der Waals surface area contributed by atoms with Crippen LogP contribution >= 0.6 is 0 Å². The fourth-order valence-corrected chi connectivity index (χ4v) is 6.12. The van der Waals surface area contributed by atoms with Crippen molar-refractivity contribution in [2.45, 2.75) is 17.7 Å². The number of halogens is 6. The number of rotatable bonds is 12. The maximum atomic E-state index is 14.4. The van der Waals surface area contributed by atoms with Gasteiger partial charge < -0.3 is 24.2 Å². The van der Waals surface area contributed by atoms with Crippen molar-refractivity contribution < 1.29 is 58.9 Å². The lowest BCUT2D eigenvalue weighted by Crippen LogP contribution is -2.48. The highest BCUT2D eigenvalue weighted by Gasteiger charge is 2.36. The maximum Gasteiger partial charge on any atom is 0.417 e. The number of esters is 1. The highest BCUT2D eigenvalue weighted by Crippen LogP contribution is 2.40. The molecule has 0 unspecified atom stereocenters. The Labute approximate surface area is 265 Å². The second kappa shape index (κ2) is 14.6. The number of piperazine rings is 1. The first-order valence-corrected chi connectivity index (χ1v) is 15.3. The molecule has 0 bridgehead atoms. The molecule has 47 heavy (non-hydrogen) atoms. The number of ether oxygens (including phenoxy) is 3. The number of carbonyl (C=O) groups is 1. The average molecular weight is 693 g/mol. The SMILES string of the molecule is COC(=O)CN1CCN(c2ccc(-c3cc(F)cc(OC(F)F)c3)cc2N(C)S(=O)(=O)c2cc(C(F)(F)F)cnc2OCCO)CC1. The third kappa shape index (κ3) is 8.55. The molecule has 2 aromatic carbocycles. The first kappa shape index (κ1) is 35.6. The molecular weight excluding hydrogens is 662 g/mol. The minimum Gasteiger partial charge on any atom is -0.474 e. The number of aliphatic hydroxyl groups is 1. The number of benzene rings is 2. The van der Waals surface area contributed by atoms with Gasteiger partial charge >= 0.3 is 18.8 Å². The lowest BCUT2D eigenvalue weighted by molar-refractivity contribution is -0.142. The molecule has 0 radical (unpaired) electrons. The predicted octanol–water partition coefficient (Wildman–Crippen LogP) is 4.00. The van der Waals surface area contributed by atoms with Crippen LogP contribution in [0.4, 0.5) is 37.7 Å². The minimum absolute atomic E-state index is 0.0200. The van der Waals surface area contributed by atoms with E-state index in [1.807, 2.05) is 4.90 Å². The van der Waals surface area contributed by atoms with Gasteiger partial charge in [-0.3, -0.25) is 14.0 Å². The Kier molecular flexibility index (Phi) is 11.1. The van der Waals surface area contributed by atoms with Gasteiger partial charge in [-0.25, -0.2) is 17.8 Å². The molecule has 18 heteroatoms. The summed E-state index contributed by atoms with van der Waals surface area (Å²) < 4.78 is 124. The van der Waals surface area contributed by atoms with Crippen molar-refractivity contribution in [3.05, 3.63) is 60.0 Å². The topological polar surface area (TPSA) is 122 Å². The largest absolute Gasteiger partial charge is 0.474 e. The zero-order valence-corrected chi connectivity index (χ0v) is 25.8. The molecule has 0 saturated carbocycles. The van der Waals surface area contributed by atoms with Crippen LogP contribution < -0.4 is 18.7 Å². The Morgan fingerprint density at radius 3 is 2.38 bits per heavy atom. The van der Waals surface area contributed by atoms with Crippen LogP contribution in [0, 0.1) is 5.82 Å². The fraction of sp³-hybridized carbons (Fsp3) is 0.379. The van der Waals surface area contributed by atoms with Gasteiger partial charge in [-0.05, 0) is 41.5 Å². The van der Waals surface area contributed by atoms with Gasteiger partial charge in [-0.2, -0.15) is 22.0 Å². The van der Waals surface area contributed by atoms with Crippen molar-refractivity contribution >= 4 is 27.4 Å². The van der Waals surface area contributed by atoms with Crippen molar-refractivity contribution in [2.24, 2.45) is 0 Å². The van der Waals surface area contributed by atoms with Crippen LogP contribution in [0.15, 0.2) is 53.6 Å². The van der Waals surface area contributed by atoms with Crippen LogP contribution in [0.25, 0.3) is 11.1 Å². The van der Waals surface area contributed by atoms with E-state index < -0.39 is 69.9 Å². The summed E-state index contributed by atoms with van der Waals surface area (Å²) in [7, 11) is -2.55. The maximum absolute atomic E-state index is 14.4. The van der Waals surface area contributed by atoms with Gasteiger partial charge in [0.15, 0.2) is 4.90 Å². The number of aliphatic hydroxyl groups excluding tert-OH is 1. The van der Waals surface area contributed by atoms with Crippen molar-refractivity contribution in [2.75, 3.05) is 69.3 Å². The van der Waals surface area contributed by atoms with E-state index in [-0.39, 0.29) is 23.4 Å². The van der Waals surface area contributed by atoms with E-state index in [0.717, 1.165) is 25.2 Å². The summed E-state index contributed by atoms with van der Waals surface area (Å²) >= 11 is 0. The van der Waals surface area contributed by atoms with Gasteiger partial charge in [0.2, 0.25) is 5.88 Å². The summed E-state index contributed by atoms with van der Waals surface area (Å²) in [5.41, 5.74) is -0.948. The summed E-state index contributed by atoms with van der Waals surface area (Å²) in [5, 5.41) is 9.18. The van der Waals surface area contributed by atoms with Crippen LogP contribution in [0.3, 0.4) is 0 Å². The van der Waals surface area contributed by atoms with E-state index in [4.69, 9.17) is 9.47 Å². The molecular formula is C29H30F6N4O7S. The molecule has 1 aliphatic heterocycles. The highest BCUT2D eigenvalue weighted by molar-refractivity contribution is 7.93. The van der Waals surface area contributed by atoms with Gasteiger partial charge in [-0.1, -0.05) is 6.07 Å². The normalized spacial score (nSPS) is 14.3. The first-order chi connectivity index (χ1) is 22.1. The summed E-state index contributed by atoms with van der Waals surface area (Å²) in [5.74, 6) is -2.56. The number of sulfonamides is 1. The van der Waals surface area contributed by atoms with Crippen LogP contribution in [-0.2, 0) is 25.7 Å². The predicted molar refractivity (Wildman–Crippen MR) is 157 cm³/mol. The Morgan fingerprint density at radius 1 is 1.06 bits per heavy atom. The Balaban J connectivity index is 1.83. The van der Waals surface area contributed by atoms with Gasteiger partial charge in [0.1, 0.15) is 18.2 Å². The standard InChI is InChI=1S/C29H30F6N4O7S/c1-37(47(42,43)25-14-20(29(33,34)35)16-36-27(25)45-10-9-40)24-13-18(19-11-21(30)15-22(12-19)46-28(31)32)3-4-23(24)39-7-5-38(6-8-39)17-26(41)44-2/h3-4,11-16,28,40H,5-10,17H2,1-2H3. The van der Waals surface area contributed by atoms with Crippen molar-refractivity contribution in [3.8, 4) is 22.8 Å². The van der Waals surface area contributed by atoms with Crippen LogP contribution in [0.5, 0.6) is 11.6 Å². The first-order valence-electron chi connectivity index (χ1n) is 13.9. The number of alkyl halides is 5. The number of hydrogen-bond donors (Lipinski definition) is 1. The lowest BCUT2D eigenvalue weighted by atomic mass is 10.0.